The first-order valence-corrected chi connectivity index (χ1v) is 6.04. The van der Waals surface area contributed by atoms with E-state index in [1.165, 1.54) is 0 Å². The molecule has 1 amide bonds. The highest BCUT2D eigenvalue weighted by Gasteiger charge is 2.12. The Morgan fingerprint density at radius 1 is 1.50 bits per heavy atom. The number of pyridine rings is 1. The molecule has 0 saturated carbocycles. The standard InChI is InChI=1S/C13H20N2O3/c1-18-10-8-15(7-9-16)13(17)5-4-12-3-2-6-14-11-12/h2-3,6,11,16H,4-5,7-10H2,1H3. The van der Waals surface area contributed by atoms with Crippen LogP contribution in [-0.2, 0) is 16.0 Å². The van der Waals surface area contributed by atoms with Crippen LogP contribution in [0.1, 0.15) is 12.0 Å². The van der Waals surface area contributed by atoms with Gasteiger partial charge in [-0.2, -0.15) is 0 Å². The number of aryl methyl sites for hydroxylation is 1. The SMILES string of the molecule is COCCN(CCO)C(=O)CCc1cccnc1. The zero-order valence-electron chi connectivity index (χ0n) is 10.7. The van der Waals surface area contributed by atoms with Gasteiger partial charge >= 0.3 is 0 Å². The molecule has 18 heavy (non-hydrogen) atoms. The van der Waals surface area contributed by atoms with Gasteiger partial charge in [0.05, 0.1) is 13.2 Å². The fraction of sp³-hybridized carbons (Fsp3) is 0.538. The van der Waals surface area contributed by atoms with Crippen LogP contribution >= 0.6 is 0 Å². The van der Waals surface area contributed by atoms with Crippen LogP contribution in [0.25, 0.3) is 0 Å². The van der Waals surface area contributed by atoms with Crippen molar-refractivity contribution < 1.29 is 14.6 Å². The number of rotatable bonds is 8. The first-order valence-electron chi connectivity index (χ1n) is 6.04. The number of aromatic nitrogens is 1. The molecule has 5 nitrogen and oxygen atoms in total. The maximum Gasteiger partial charge on any atom is 0.223 e. The van der Waals surface area contributed by atoms with Gasteiger partial charge < -0.3 is 14.7 Å². The Kier molecular flexibility index (Phi) is 6.98. The quantitative estimate of drug-likeness (QED) is 0.731. The molecule has 0 bridgehead atoms. The van der Waals surface area contributed by atoms with Crippen molar-refractivity contribution in [3.8, 4) is 0 Å². The summed E-state index contributed by atoms with van der Waals surface area (Å²) in [4.78, 5) is 17.6. The number of nitrogens with zero attached hydrogens (tertiary/aromatic N) is 2. The van der Waals surface area contributed by atoms with E-state index in [1.54, 1.807) is 24.4 Å². The van der Waals surface area contributed by atoms with E-state index in [1.807, 2.05) is 12.1 Å². The lowest BCUT2D eigenvalue weighted by atomic mass is 10.1. The molecular weight excluding hydrogens is 232 g/mol. The highest BCUT2D eigenvalue weighted by atomic mass is 16.5. The number of hydrogen-bond donors (Lipinski definition) is 1. The molecule has 0 spiro atoms. The maximum atomic E-state index is 12.0. The molecule has 0 aromatic carbocycles. The van der Waals surface area contributed by atoms with E-state index in [0.29, 0.717) is 32.5 Å². The van der Waals surface area contributed by atoms with Crippen molar-refractivity contribution in [3.63, 3.8) is 0 Å². The molecule has 1 aromatic rings. The molecule has 100 valence electrons. The summed E-state index contributed by atoms with van der Waals surface area (Å²) < 4.78 is 4.95. The molecule has 0 aliphatic rings. The molecule has 0 saturated heterocycles. The summed E-state index contributed by atoms with van der Waals surface area (Å²) in [6.45, 7) is 1.33. The van der Waals surface area contributed by atoms with Crippen molar-refractivity contribution in [1.82, 2.24) is 9.88 Å². The van der Waals surface area contributed by atoms with Crippen LogP contribution in [0.3, 0.4) is 0 Å². The van der Waals surface area contributed by atoms with Crippen LogP contribution in [0, 0.1) is 0 Å². The van der Waals surface area contributed by atoms with Crippen LogP contribution in [0.2, 0.25) is 0 Å². The predicted octanol–water partition coefficient (Wildman–Crippen LogP) is 0.481. The van der Waals surface area contributed by atoms with Crippen molar-refractivity contribution in [2.75, 3.05) is 33.4 Å². The third-order valence-electron chi connectivity index (χ3n) is 2.64. The third kappa shape index (κ3) is 5.25. The lowest BCUT2D eigenvalue weighted by Crippen LogP contribution is -2.36. The molecule has 5 heteroatoms. The molecule has 1 heterocycles. The van der Waals surface area contributed by atoms with Gasteiger partial charge in [0.15, 0.2) is 0 Å². The molecule has 0 fully saturated rings. The molecule has 1 N–H and O–H groups in total. The van der Waals surface area contributed by atoms with Crippen LogP contribution < -0.4 is 0 Å². The van der Waals surface area contributed by atoms with Gasteiger partial charge in [-0.25, -0.2) is 0 Å². The average molecular weight is 252 g/mol. The number of amides is 1. The van der Waals surface area contributed by atoms with E-state index in [4.69, 9.17) is 9.84 Å². The van der Waals surface area contributed by atoms with E-state index in [-0.39, 0.29) is 12.5 Å². The molecule has 1 rings (SSSR count). The molecular formula is C13H20N2O3. The number of ether oxygens (including phenoxy) is 1. The molecule has 0 radical (unpaired) electrons. The fourth-order valence-corrected chi connectivity index (χ4v) is 1.64. The van der Waals surface area contributed by atoms with E-state index < -0.39 is 0 Å². The zero-order valence-corrected chi connectivity index (χ0v) is 10.7. The lowest BCUT2D eigenvalue weighted by molar-refractivity contribution is -0.132. The highest BCUT2D eigenvalue weighted by Crippen LogP contribution is 2.03. The lowest BCUT2D eigenvalue weighted by Gasteiger charge is -2.21. The van der Waals surface area contributed by atoms with Crippen LogP contribution in [0.5, 0.6) is 0 Å². The number of aliphatic hydroxyl groups excluding tert-OH is 1. The Morgan fingerprint density at radius 3 is 2.94 bits per heavy atom. The number of carbonyl (C=O) groups excluding carboxylic acids is 1. The second-order valence-electron chi connectivity index (χ2n) is 3.96. The summed E-state index contributed by atoms with van der Waals surface area (Å²) in [5.41, 5.74) is 1.04. The van der Waals surface area contributed by atoms with Crippen molar-refractivity contribution >= 4 is 5.91 Å². The second kappa shape index (κ2) is 8.60. The summed E-state index contributed by atoms with van der Waals surface area (Å²) in [6.07, 6.45) is 4.57. The minimum absolute atomic E-state index is 0.0254. The van der Waals surface area contributed by atoms with E-state index >= 15 is 0 Å². The van der Waals surface area contributed by atoms with Gasteiger partial charge in [0, 0.05) is 39.0 Å². The van der Waals surface area contributed by atoms with Gasteiger partial charge in [-0.05, 0) is 18.1 Å². The van der Waals surface area contributed by atoms with E-state index in [2.05, 4.69) is 4.98 Å². The number of methoxy groups -OCH3 is 1. The summed E-state index contributed by atoms with van der Waals surface area (Å²) >= 11 is 0. The van der Waals surface area contributed by atoms with Crippen molar-refractivity contribution in [2.45, 2.75) is 12.8 Å². The molecule has 0 unspecified atom stereocenters. The first kappa shape index (κ1) is 14.6. The molecule has 0 aliphatic heterocycles. The normalized spacial score (nSPS) is 10.3. The van der Waals surface area contributed by atoms with Crippen LogP contribution in [-0.4, -0.2) is 54.3 Å². The summed E-state index contributed by atoms with van der Waals surface area (Å²) in [6, 6.07) is 3.81. The minimum atomic E-state index is -0.0254. The number of carbonyl (C=O) groups is 1. The molecule has 0 atom stereocenters. The molecule has 1 aromatic heterocycles. The van der Waals surface area contributed by atoms with Gasteiger partial charge in [0.25, 0.3) is 0 Å². The van der Waals surface area contributed by atoms with Crippen molar-refractivity contribution in [2.24, 2.45) is 0 Å². The van der Waals surface area contributed by atoms with E-state index in [0.717, 1.165) is 5.56 Å². The highest BCUT2D eigenvalue weighted by molar-refractivity contribution is 5.76. The van der Waals surface area contributed by atoms with Gasteiger partial charge in [-0.1, -0.05) is 6.07 Å². The molecule has 0 aliphatic carbocycles. The summed E-state index contributed by atoms with van der Waals surface area (Å²) in [5.74, 6) is 0.0324. The first-order chi connectivity index (χ1) is 8.77. The predicted molar refractivity (Wildman–Crippen MR) is 68.1 cm³/mol. The Balaban J connectivity index is 2.40. The monoisotopic (exact) mass is 252 g/mol. The van der Waals surface area contributed by atoms with Gasteiger partial charge in [0.2, 0.25) is 5.91 Å². The Morgan fingerprint density at radius 2 is 2.33 bits per heavy atom. The van der Waals surface area contributed by atoms with Gasteiger partial charge in [-0.3, -0.25) is 9.78 Å². The summed E-state index contributed by atoms with van der Waals surface area (Å²) in [7, 11) is 1.59. The van der Waals surface area contributed by atoms with Gasteiger partial charge in [-0.15, -0.1) is 0 Å². The Bertz CT molecular complexity index is 343. The van der Waals surface area contributed by atoms with E-state index in [9.17, 15) is 4.79 Å². The van der Waals surface area contributed by atoms with Crippen LogP contribution in [0.4, 0.5) is 0 Å². The Labute approximate surface area is 107 Å². The van der Waals surface area contributed by atoms with Crippen molar-refractivity contribution in [1.29, 1.82) is 0 Å². The number of aliphatic hydroxyl groups is 1. The van der Waals surface area contributed by atoms with Crippen LogP contribution in [0.15, 0.2) is 24.5 Å². The summed E-state index contributed by atoms with van der Waals surface area (Å²) in [5, 5.41) is 8.93. The topological polar surface area (TPSA) is 62.7 Å². The zero-order chi connectivity index (χ0) is 13.2. The average Bonchev–Trinajstić information content (AvgIpc) is 2.42. The minimum Gasteiger partial charge on any atom is -0.395 e. The number of hydrogen-bond acceptors (Lipinski definition) is 4. The Hall–Kier alpha value is -1.46. The fourth-order valence-electron chi connectivity index (χ4n) is 1.64. The maximum absolute atomic E-state index is 12.0. The second-order valence-corrected chi connectivity index (χ2v) is 3.96. The largest absolute Gasteiger partial charge is 0.395 e. The van der Waals surface area contributed by atoms with Gasteiger partial charge in [0.1, 0.15) is 0 Å². The van der Waals surface area contributed by atoms with Crippen molar-refractivity contribution in [3.05, 3.63) is 30.1 Å². The third-order valence-corrected chi connectivity index (χ3v) is 2.64. The smallest absolute Gasteiger partial charge is 0.223 e.